The van der Waals surface area contributed by atoms with E-state index in [0.29, 0.717) is 5.52 Å². The number of hydrogen-bond donors (Lipinski definition) is 2. The van der Waals surface area contributed by atoms with Crippen LogP contribution in [0.25, 0.3) is 10.9 Å². The summed E-state index contributed by atoms with van der Waals surface area (Å²) in [7, 11) is 0. The summed E-state index contributed by atoms with van der Waals surface area (Å²) in [4.78, 5) is 16.2. The molecule has 1 aromatic heterocycles. The van der Waals surface area contributed by atoms with E-state index < -0.39 is 16.7 Å². The van der Waals surface area contributed by atoms with Crippen molar-refractivity contribution in [2.75, 3.05) is 5.32 Å². The number of nitrogens with zero attached hydrogens (tertiary/aromatic N) is 1. The van der Waals surface area contributed by atoms with Gasteiger partial charge in [-0.2, -0.15) is 4.98 Å². The minimum absolute atomic E-state index is 0.0663. The molecule has 2 N–H and O–H groups in total. The fourth-order valence-electron chi connectivity index (χ4n) is 1.86. The summed E-state index contributed by atoms with van der Waals surface area (Å²) in [6, 6.07) is 13.5. The highest BCUT2D eigenvalue weighted by atomic mass is 32.2. The quantitative estimate of drug-likeness (QED) is 0.722. The van der Waals surface area contributed by atoms with E-state index in [1.54, 1.807) is 0 Å². The van der Waals surface area contributed by atoms with Gasteiger partial charge in [0.05, 0.1) is 15.8 Å². The molecule has 0 radical (unpaired) electrons. The van der Waals surface area contributed by atoms with E-state index in [2.05, 4.69) is 10.3 Å². The molecule has 0 saturated heterocycles. The zero-order valence-corrected chi connectivity index (χ0v) is 11.5. The molecule has 1 atom stereocenters. The molecule has 0 bridgehead atoms. The van der Waals surface area contributed by atoms with Gasteiger partial charge in [0.2, 0.25) is 0 Å². The van der Waals surface area contributed by atoms with E-state index in [9.17, 15) is 9.00 Å². The lowest BCUT2D eigenvalue weighted by molar-refractivity contribution is 0.522. The molecule has 0 spiro atoms. The summed E-state index contributed by atoms with van der Waals surface area (Å²) < 4.78 is 25.1. The maximum Gasteiger partial charge on any atom is 0.348 e. The van der Waals surface area contributed by atoms with Gasteiger partial charge in [0.15, 0.2) is 11.1 Å². The molecule has 2 aromatic carbocycles. The van der Waals surface area contributed by atoms with Crippen LogP contribution in [-0.4, -0.2) is 13.7 Å². The lowest BCUT2D eigenvalue weighted by Crippen LogP contribution is -2.05. The molecule has 0 aliphatic carbocycles. The first-order valence-electron chi connectivity index (χ1n) is 6.01. The monoisotopic (exact) mass is 302 g/mol. The summed E-state index contributed by atoms with van der Waals surface area (Å²) in [5.74, 6) is 0. The van der Waals surface area contributed by atoms with Crippen molar-refractivity contribution in [2.24, 2.45) is 0 Å². The van der Waals surface area contributed by atoms with E-state index in [4.69, 9.17) is 8.97 Å². The predicted molar refractivity (Wildman–Crippen MR) is 79.0 cm³/mol. The molecule has 0 aliphatic heterocycles. The van der Waals surface area contributed by atoms with Crippen molar-refractivity contribution >= 4 is 33.7 Å². The molecule has 1 unspecified atom stereocenters. The van der Waals surface area contributed by atoms with Gasteiger partial charge >= 0.3 is 11.6 Å². The molecule has 106 valence electrons. The van der Waals surface area contributed by atoms with Crippen molar-refractivity contribution in [3.8, 4) is 0 Å². The van der Waals surface area contributed by atoms with Gasteiger partial charge in [-0.15, -0.1) is 0 Å². The standard InChI is InChI=1S/C14H10N2O4S/c17-13-11-8-10(21(18)19)6-7-12(11)16-14(20-13)15-9-4-2-1-3-5-9/h1-8H,(H,15,16)(H,18,19). The smallest absolute Gasteiger partial charge is 0.348 e. The number of anilines is 2. The van der Waals surface area contributed by atoms with Crippen LogP contribution >= 0.6 is 0 Å². The number of para-hydroxylation sites is 1. The molecule has 1 heterocycles. The molecule has 7 heteroatoms. The van der Waals surface area contributed by atoms with Crippen molar-refractivity contribution in [1.82, 2.24) is 4.98 Å². The van der Waals surface area contributed by atoms with Gasteiger partial charge in [-0.3, -0.25) is 0 Å². The number of nitrogens with one attached hydrogen (secondary N) is 1. The number of rotatable bonds is 3. The second kappa shape index (κ2) is 5.47. The van der Waals surface area contributed by atoms with Crippen molar-refractivity contribution in [1.29, 1.82) is 0 Å². The van der Waals surface area contributed by atoms with Crippen LogP contribution in [0.5, 0.6) is 0 Å². The minimum Gasteiger partial charge on any atom is -0.388 e. The van der Waals surface area contributed by atoms with E-state index in [0.717, 1.165) is 5.69 Å². The molecule has 0 amide bonds. The van der Waals surface area contributed by atoms with E-state index >= 15 is 0 Å². The largest absolute Gasteiger partial charge is 0.388 e. The second-order valence-corrected chi connectivity index (χ2v) is 5.20. The van der Waals surface area contributed by atoms with Crippen LogP contribution in [0.4, 0.5) is 11.7 Å². The Morgan fingerprint density at radius 3 is 2.62 bits per heavy atom. The molecule has 21 heavy (non-hydrogen) atoms. The van der Waals surface area contributed by atoms with Crippen molar-refractivity contribution in [3.05, 3.63) is 59.0 Å². The van der Waals surface area contributed by atoms with Crippen LogP contribution in [0.3, 0.4) is 0 Å². The zero-order valence-electron chi connectivity index (χ0n) is 10.6. The molecule has 3 aromatic rings. The van der Waals surface area contributed by atoms with Gasteiger partial charge in [-0.25, -0.2) is 9.00 Å². The number of fused-ring (bicyclic) bond motifs is 1. The predicted octanol–water partition coefficient (Wildman–Crippen LogP) is 2.51. The molecule has 0 fully saturated rings. The molecule has 6 nitrogen and oxygen atoms in total. The van der Waals surface area contributed by atoms with Crippen LogP contribution in [0.15, 0.2) is 62.6 Å². The number of aromatic nitrogens is 1. The SMILES string of the molecule is O=c1oc(Nc2ccccc2)nc2ccc(S(=O)O)cc12. The Bertz CT molecular complexity index is 877. The Hall–Kier alpha value is -2.51. The summed E-state index contributed by atoms with van der Waals surface area (Å²) in [5, 5.41) is 3.05. The average molecular weight is 302 g/mol. The Labute approximate surface area is 121 Å². The molecule has 0 aliphatic rings. The third-order valence-corrected chi connectivity index (χ3v) is 3.48. The first-order chi connectivity index (χ1) is 10.1. The van der Waals surface area contributed by atoms with Gasteiger partial charge in [0, 0.05) is 5.69 Å². The average Bonchev–Trinajstić information content (AvgIpc) is 2.48. The lowest BCUT2D eigenvalue weighted by Gasteiger charge is -2.05. The Morgan fingerprint density at radius 2 is 1.90 bits per heavy atom. The van der Waals surface area contributed by atoms with Crippen molar-refractivity contribution in [3.63, 3.8) is 0 Å². The van der Waals surface area contributed by atoms with Crippen LogP contribution in [0.2, 0.25) is 0 Å². The molecule has 0 saturated carbocycles. The summed E-state index contributed by atoms with van der Waals surface area (Å²) in [6.07, 6.45) is 0. The fourth-order valence-corrected chi connectivity index (χ4v) is 2.26. The maximum absolute atomic E-state index is 11.9. The van der Waals surface area contributed by atoms with Crippen LogP contribution in [0, 0.1) is 0 Å². The normalized spacial score (nSPS) is 12.2. The topological polar surface area (TPSA) is 92.4 Å². The summed E-state index contributed by atoms with van der Waals surface area (Å²) in [6.45, 7) is 0. The van der Waals surface area contributed by atoms with E-state index in [-0.39, 0.29) is 16.3 Å². The van der Waals surface area contributed by atoms with Crippen molar-refractivity contribution < 1.29 is 13.2 Å². The summed E-state index contributed by atoms with van der Waals surface area (Å²) in [5.41, 5.74) is 0.505. The van der Waals surface area contributed by atoms with Gasteiger partial charge in [-0.05, 0) is 30.3 Å². The number of hydrogen-bond acceptors (Lipinski definition) is 5. The van der Waals surface area contributed by atoms with Gasteiger partial charge in [0.1, 0.15) is 0 Å². The van der Waals surface area contributed by atoms with Gasteiger partial charge < -0.3 is 14.3 Å². The highest BCUT2D eigenvalue weighted by Crippen LogP contribution is 2.17. The highest BCUT2D eigenvalue weighted by molar-refractivity contribution is 7.79. The lowest BCUT2D eigenvalue weighted by atomic mass is 10.2. The van der Waals surface area contributed by atoms with Gasteiger partial charge in [0.25, 0.3) is 0 Å². The molecular weight excluding hydrogens is 292 g/mol. The fraction of sp³-hybridized carbons (Fsp3) is 0. The Balaban J connectivity index is 2.06. The highest BCUT2D eigenvalue weighted by Gasteiger charge is 2.09. The van der Waals surface area contributed by atoms with E-state index in [1.807, 2.05) is 30.3 Å². The summed E-state index contributed by atoms with van der Waals surface area (Å²) >= 11 is -2.15. The third-order valence-electron chi connectivity index (χ3n) is 2.83. The third kappa shape index (κ3) is 2.83. The second-order valence-electron chi connectivity index (χ2n) is 4.23. The number of benzene rings is 2. The van der Waals surface area contributed by atoms with Gasteiger partial charge in [-0.1, -0.05) is 18.2 Å². The minimum atomic E-state index is -2.15. The maximum atomic E-state index is 11.9. The van der Waals surface area contributed by atoms with Crippen LogP contribution in [-0.2, 0) is 11.1 Å². The molecular formula is C14H10N2O4S. The first kappa shape index (κ1) is 13.5. The first-order valence-corrected chi connectivity index (χ1v) is 7.12. The van der Waals surface area contributed by atoms with Crippen molar-refractivity contribution in [2.45, 2.75) is 4.90 Å². The zero-order chi connectivity index (χ0) is 14.8. The Kier molecular flexibility index (Phi) is 3.51. The van der Waals surface area contributed by atoms with Crippen LogP contribution < -0.4 is 10.9 Å². The molecule has 3 rings (SSSR count). The Morgan fingerprint density at radius 1 is 1.14 bits per heavy atom. The van der Waals surface area contributed by atoms with E-state index in [1.165, 1.54) is 18.2 Å². The van der Waals surface area contributed by atoms with Crippen LogP contribution in [0.1, 0.15) is 0 Å².